The highest BCUT2D eigenvalue weighted by molar-refractivity contribution is 5.72. The normalized spacial score (nSPS) is 37.0. The Labute approximate surface area is 58.9 Å². The number of ether oxygens (including phenoxy) is 1. The molecule has 0 saturated carbocycles. The van der Waals surface area contributed by atoms with Crippen LogP contribution >= 0.6 is 0 Å². The molecule has 4 nitrogen and oxygen atoms in total. The number of fused-ring (bicyclic) bond motifs is 1. The molecule has 0 aliphatic carbocycles. The number of nitrogens with zero attached hydrogens (tertiary/aromatic N) is 1. The van der Waals surface area contributed by atoms with Gasteiger partial charge in [0.25, 0.3) is 0 Å². The molecule has 2 amide bonds. The first kappa shape index (κ1) is 5.97. The molecule has 0 aromatic carbocycles. The van der Waals surface area contributed by atoms with E-state index in [4.69, 9.17) is 10.5 Å². The van der Waals surface area contributed by atoms with Crippen molar-refractivity contribution in [2.24, 2.45) is 5.73 Å². The summed E-state index contributed by atoms with van der Waals surface area (Å²) in [5.41, 5.74) is 5.08. The number of epoxide rings is 1. The van der Waals surface area contributed by atoms with Gasteiger partial charge in [-0.2, -0.15) is 0 Å². The summed E-state index contributed by atoms with van der Waals surface area (Å²) in [7, 11) is 0. The Morgan fingerprint density at radius 2 is 2.40 bits per heavy atom. The van der Waals surface area contributed by atoms with E-state index in [9.17, 15) is 4.79 Å². The molecule has 10 heavy (non-hydrogen) atoms. The van der Waals surface area contributed by atoms with Crippen LogP contribution < -0.4 is 5.73 Å². The number of carbonyl (C=O) groups excluding carboxylic acids is 1. The molecule has 2 saturated heterocycles. The maximum atomic E-state index is 10.6. The molecule has 0 spiro atoms. The maximum absolute atomic E-state index is 10.6. The van der Waals surface area contributed by atoms with Gasteiger partial charge in [-0.15, -0.1) is 0 Å². The summed E-state index contributed by atoms with van der Waals surface area (Å²) in [5.74, 6) is 0. The quantitative estimate of drug-likeness (QED) is 0.465. The van der Waals surface area contributed by atoms with E-state index in [1.165, 1.54) is 0 Å². The van der Waals surface area contributed by atoms with Crippen molar-refractivity contribution >= 4 is 6.03 Å². The summed E-state index contributed by atoms with van der Waals surface area (Å²) in [6.45, 7) is 1.45. The Balaban J connectivity index is 1.94. The summed E-state index contributed by atoms with van der Waals surface area (Å²) >= 11 is 0. The van der Waals surface area contributed by atoms with Gasteiger partial charge in [-0.25, -0.2) is 4.79 Å². The van der Waals surface area contributed by atoms with Crippen LogP contribution in [-0.2, 0) is 4.74 Å². The van der Waals surface area contributed by atoms with Gasteiger partial charge >= 0.3 is 6.03 Å². The van der Waals surface area contributed by atoms with Crippen LogP contribution in [-0.4, -0.2) is 36.2 Å². The van der Waals surface area contributed by atoms with Crippen molar-refractivity contribution in [1.82, 2.24) is 4.90 Å². The lowest BCUT2D eigenvalue weighted by Gasteiger charge is -2.21. The van der Waals surface area contributed by atoms with Crippen LogP contribution in [0.25, 0.3) is 0 Å². The standard InChI is InChI=1S/C6H10N2O2/c7-6(9)8-2-1-4-5(3-8)10-4/h4-5H,1-3H2,(H2,7,9). The third kappa shape index (κ3) is 0.844. The molecular weight excluding hydrogens is 132 g/mol. The first-order valence-electron chi connectivity index (χ1n) is 3.47. The van der Waals surface area contributed by atoms with Crippen LogP contribution in [0, 0.1) is 0 Å². The Morgan fingerprint density at radius 3 is 3.00 bits per heavy atom. The average molecular weight is 142 g/mol. The lowest BCUT2D eigenvalue weighted by Crippen LogP contribution is -2.42. The SMILES string of the molecule is NC(=O)N1CCC2OC2C1. The van der Waals surface area contributed by atoms with Gasteiger partial charge < -0.3 is 15.4 Å². The second-order valence-corrected chi connectivity index (χ2v) is 2.79. The Hall–Kier alpha value is -0.770. The number of hydrogen-bond acceptors (Lipinski definition) is 2. The van der Waals surface area contributed by atoms with Gasteiger partial charge in [0, 0.05) is 6.54 Å². The largest absolute Gasteiger partial charge is 0.368 e. The molecule has 0 bridgehead atoms. The van der Waals surface area contributed by atoms with Crippen molar-refractivity contribution < 1.29 is 9.53 Å². The van der Waals surface area contributed by atoms with E-state index in [0.717, 1.165) is 13.0 Å². The Morgan fingerprint density at radius 1 is 1.60 bits per heavy atom. The Bertz CT molecular complexity index is 171. The van der Waals surface area contributed by atoms with E-state index in [-0.39, 0.29) is 6.03 Å². The third-order valence-corrected chi connectivity index (χ3v) is 2.08. The van der Waals surface area contributed by atoms with Gasteiger partial charge in [-0.1, -0.05) is 0 Å². The molecule has 2 N–H and O–H groups in total. The molecule has 0 aromatic heterocycles. The minimum absolute atomic E-state index is 0.293. The average Bonchev–Trinajstić information content (AvgIpc) is 2.63. The van der Waals surface area contributed by atoms with Crippen molar-refractivity contribution in [3.8, 4) is 0 Å². The summed E-state index contributed by atoms with van der Waals surface area (Å²) in [5, 5.41) is 0. The fraction of sp³-hybridized carbons (Fsp3) is 0.833. The van der Waals surface area contributed by atoms with Gasteiger partial charge in [0.05, 0.1) is 12.6 Å². The van der Waals surface area contributed by atoms with Crippen LogP contribution in [0.3, 0.4) is 0 Å². The number of hydrogen-bond donors (Lipinski definition) is 1. The van der Waals surface area contributed by atoms with Crippen molar-refractivity contribution in [3.05, 3.63) is 0 Å². The molecule has 2 aliphatic rings. The van der Waals surface area contributed by atoms with Crippen molar-refractivity contribution in [2.75, 3.05) is 13.1 Å². The third-order valence-electron chi connectivity index (χ3n) is 2.08. The number of carbonyl (C=O) groups is 1. The molecule has 2 unspecified atom stereocenters. The van der Waals surface area contributed by atoms with Crippen LogP contribution in [0.1, 0.15) is 6.42 Å². The summed E-state index contributed by atoms with van der Waals surface area (Å²) in [6, 6.07) is -0.325. The van der Waals surface area contributed by atoms with E-state index in [1.54, 1.807) is 4.90 Å². The number of primary amides is 1. The Kier molecular flexibility index (Phi) is 1.11. The first-order chi connectivity index (χ1) is 4.77. The fourth-order valence-corrected chi connectivity index (χ4v) is 1.39. The number of amides is 2. The van der Waals surface area contributed by atoms with E-state index >= 15 is 0 Å². The molecule has 0 aromatic rings. The zero-order valence-electron chi connectivity index (χ0n) is 5.62. The van der Waals surface area contributed by atoms with Crippen LogP contribution in [0.5, 0.6) is 0 Å². The zero-order chi connectivity index (χ0) is 7.14. The van der Waals surface area contributed by atoms with E-state index < -0.39 is 0 Å². The molecule has 0 radical (unpaired) electrons. The molecule has 2 rings (SSSR count). The smallest absolute Gasteiger partial charge is 0.314 e. The van der Waals surface area contributed by atoms with Gasteiger partial charge in [0.15, 0.2) is 0 Å². The lowest BCUT2D eigenvalue weighted by molar-refractivity contribution is 0.201. The van der Waals surface area contributed by atoms with E-state index in [2.05, 4.69) is 0 Å². The number of piperidine rings is 1. The highest BCUT2D eigenvalue weighted by Gasteiger charge is 2.44. The number of nitrogens with two attached hydrogens (primary N) is 1. The highest BCUT2D eigenvalue weighted by Crippen LogP contribution is 2.30. The molecule has 2 atom stereocenters. The van der Waals surface area contributed by atoms with Crippen LogP contribution in [0.4, 0.5) is 4.79 Å². The minimum atomic E-state index is -0.325. The summed E-state index contributed by atoms with van der Waals surface area (Å²) in [6.07, 6.45) is 1.67. The maximum Gasteiger partial charge on any atom is 0.314 e. The first-order valence-corrected chi connectivity index (χ1v) is 3.47. The molecule has 56 valence electrons. The van der Waals surface area contributed by atoms with Gasteiger partial charge in [-0.05, 0) is 6.42 Å². The fourth-order valence-electron chi connectivity index (χ4n) is 1.39. The van der Waals surface area contributed by atoms with Gasteiger partial charge in [0.1, 0.15) is 6.10 Å². The van der Waals surface area contributed by atoms with Crippen molar-refractivity contribution in [3.63, 3.8) is 0 Å². The molecule has 2 heterocycles. The van der Waals surface area contributed by atoms with E-state index in [1.807, 2.05) is 0 Å². The number of urea groups is 1. The van der Waals surface area contributed by atoms with Crippen molar-refractivity contribution in [2.45, 2.75) is 18.6 Å². The summed E-state index contributed by atoms with van der Waals surface area (Å²) in [4.78, 5) is 12.2. The predicted molar refractivity (Wildman–Crippen MR) is 34.4 cm³/mol. The van der Waals surface area contributed by atoms with E-state index in [0.29, 0.717) is 18.8 Å². The van der Waals surface area contributed by atoms with Crippen molar-refractivity contribution in [1.29, 1.82) is 0 Å². The number of rotatable bonds is 0. The monoisotopic (exact) mass is 142 g/mol. The van der Waals surface area contributed by atoms with Crippen LogP contribution in [0.15, 0.2) is 0 Å². The predicted octanol–water partition coefficient (Wildman–Crippen LogP) is -0.462. The second-order valence-electron chi connectivity index (χ2n) is 2.79. The molecule has 4 heteroatoms. The molecule has 2 fully saturated rings. The van der Waals surface area contributed by atoms with Crippen LogP contribution in [0.2, 0.25) is 0 Å². The lowest BCUT2D eigenvalue weighted by atomic mass is 10.1. The topological polar surface area (TPSA) is 58.9 Å². The zero-order valence-corrected chi connectivity index (χ0v) is 5.62. The van der Waals surface area contributed by atoms with Gasteiger partial charge in [-0.3, -0.25) is 0 Å². The second kappa shape index (κ2) is 1.85. The molecular formula is C6H10N2O2. The molecule has 2 aliphatic heterocycles. The highest BCUT2D eigenvalue weighted by atomic mass is 16.6. The summed E-state index contributed by atoms with van der Waals surface area (Å²) < 4.78 is 5.21. The minimum Gasteiger partial charge on any atom is -0.368 e. The van der Waals surface area contributed by atoms with Gasteiger partial charge in [0.2, 0.25) is 0 Å². The number of likely N-dealkylation sites (tertiary alicyclic amines) is 1.